The molecule has 0 saturated carbocycles. The summed E-state index contributed by atoms with van der Waals surface area (Å²) in [4.78, 5) is 4.14. The third kappa shape index (κ3) is 3.51. The number of nitrogen functional groups attached to an aromatic ring is 1. The summed E-state index contributed by atoms with van der Waals surface area (Å²) < 4.78 is 11.2. The Bertz CT molecular complexity index is 561. The standard InChI is InChI=1S/C14H15ClN2O2/c1-2-18-12-5-3-4-6-13(12)19-9-11-10(15)7-8-14(16)17-11/h3-8H,2,9H2,1H3,(H2,16,17). The lowest BCUT2D eigenvalue weighted by Crippen LogP contribution is -2.03. The molecule has 5 heteroatoms. The zero-order valence-electron chi connectivity index (χ0n) is 10.6. The number of nitrogens with zero attached hydrogens (tertiary/aromatic N) is 1. The lowest BCUT2D eigenvalue weighted by atomic mass is 10.3. The van der Waals surface area contributed by atoms with E-state index in [9.17, 15) is 0 Å². The highest BCUT2D eigenvalue weighted by Crippen LogP contribution is 2.27. The first-order chi connectivity index (χ1) is 9.20. The zero-order chi connectivity index (χ0) is 13.7. The second-order valence-corrected chi connectivity index (χ2v) is 4.24. The predicted octanol–water partition coefficient (Wildman–Crippen LogP) is 3.29. The van der Waals surface area contributed by atoms with Crippen LogP contribution in [-0.4, -0.2) is 11.6 Å². The van der Waals surface area contributed by atoms with Crippen molar-refractivity contribution in [2.24, 2.45) is 0 Å². The van der Waals surface area contributed by atoms with E-state index in [0.717, 1.165) is 0 Å². The van der Waals surface area contributed by atoms with Gasteiger partial charge in [0.15, 0.2) is 11.5 Å². The smallest absolute Gasteiger partial charge is 0.161 e. The lowest BCUT2D eigenvalue weighted by molar-refractivity contribution is 0.266. The Morgan fingerprint density at radius 1 is 1.11 bits per heavy atom. The van der Waals surface area contributed by atoms with Crippen LogP contribution in [0, 0.1) is 0 Å². The Balaban J connectivity index is 2.12. The van der Waals surface area contributed by atoms with Gasteiger partial charge in [-0.3, -0.25) is 0 Å². The maximum Gasteiger partial charge on any atom is 0.161 e. The van der Waals surface area contributed by atoms with Gasteiger partial charge in [-0.25, -0.2) is 4.98 Å². The van der Waals surface area contributed by atoms with E-state index >= 15 is 0 Å². The zero-order valence-corrected chi connectivity index (χ0v) is 11.4. The molecule has 4 nitrogen and oxygen atoms in total. The first kappa shape index (κ1) is 13.5. The lowest BCUT2D eigenvalue weighted by Gasteiger charge is -2.12. The maximum absolute atomic E-state index is 6.03. The molecule has 2 aromatic rings. The number of rotatable bonds is 5. The van der Waals surface area contributed by atoms with Crippen molar-refractivity contribution in [3.8, 4) is 11.5 Å². The number of anilines is 1. The fourth-order valence-corrected chi connectivity index (χ4v) is 1.75. The van der Waals surface area contributed by atoms with Crippen molar-refractivity contribution >= 4 is 17.4 Å². The Morgan fingerprint density at radius 2 is 1.79 bits per heavy atom. The van der Waals surface area contributed by atoms with E-state index in [0.29, 0.717) is 34.6 Å². The molecule has 0 atom stereocenters. The largest absolute Gasteiger partial charge is 0.490 e. The molecule has 0 aliphatic carbocycles. The van der Waals surface area contributed by atoms with E-state index in [-0.39, 0.29) is 6.61 Å². The van der Waals surface area contributed by atoms with E-state index in [1.807, 2.05) is 31.2 Å². The highest BCUT2D eigenvalue weighted by atomic mass is 35.5. The number of hydrogen-bond donors (Lipinski definition) is 1. The quantitative estimate of drug-likeness (QED) is 0.912. The van der Waals surface area contributed by atoms with Gasteiger partial charge in [0.1, 0.15) is 12.4 Å². The summed E-state index contributed by atoms with van der Waals surface area (Å²) in [7, 11) is 0. The monoisotopic (exact) mass is 278 g/mol. The van der Waals surface area contributed by atoms with Gasteiger partial charge >= 0.3 is 0 Å². The van der Waals surface area contributed by atoms with Gasteiger partial charge in [-0.2, -0.15) is 0 Å². The second-order valence-electron chi connectivity index (χ2n) is 3.83. The van der Waals surface area contributed by atoms with E-state index in [4.69, 9.17) is 26.8 Å². The van der Waals surface area contributed by atoms with Crippen LogP contribution in [0.3, 0.4) is 0 Å². The number of benzene rings is 1. The molecule has 0 radical (unpaired) electrons. The molecule has 1 aromatic carbocycles. The van der Waals surface area contributed by atoms with Crippen molar-refractivity contribution in [3.63, 3.8) is 0 Å². The normalized spacial score (nSPS) is 10.2. The van der Waals surface area contributed by atoms with Crippen LogP contribution in [0.2, 0.25) is 5.02 Å². The minimum absolute atomic E-state index is 0.244. The summed E-state index contributed by atoms with van der Waals surface area (Å²) in [6.07, 6.45) is 0. The molecule has 0 saturated heterocycles. The molecule has 0 spiro atoms. The van der Waals surface area contributed by atoms with Crippen LogP contribution in [0.5, 0.6) is 11.5 Å². The molecule has 19 heavy (non-hydrogen) atoms. The van der Waals surface area contributed by atoms with Gasteiger partial charge in [-0.05, 0) is 31.2 Å². The minimum Gasteiger partial charge on any atom is -0.490 e. The van der Waals surface area contributed by atoms with Crippen LogP contribution in [0.1, 0.15) is 12.6 Å². The summed E-state index contributed by atoms with van der Waals surface area (Å²) in [6, 6.07) is 10.8. The molecule has 0 aliphatic heterocycles. The second kappa shape index (κ2) is 6.29. The molecule has 1 aromatic heterocycles. The van der Waals surface area contributed by atoms with Crippen LogP contribution in [0.25, 0.3) is 0 Å². The molecule has 2 N–H and O–H groups in total. The molecule has 2 rings (SSSR count). The van der Waals surface area contributed by atoms with Crippen LogP contribution < -0.4 is 15.2 Å². The highest BCUT2D eigenvalue weighted by Gasteiger charge is 2.07. The summed E-state index contributed by atoms with van der Waals surface area (Å²) in [5, 5.41) is 0.531. The van der Waals surface area contributed by atoms with Gasteiger partial charge < -0.3 is 15.2 Å². The number of nitrogens with two attached hydrogens (primary N) is 1. The molecule has 0 unspecified atom stereocenters. The number of halogens is 1. The molecule has 1 heterocycles. The van der Waals surface area contributed by atoms with Crippen molar-refractivity contribution in [1.82, 2.24) is 4.98 Å². The minimum atomic E-state index is 0.244. The predicted molar refractivity (Wildman–Crippen MR) is 75.6 cm³/mol. The first-order valence-corrected chi connectivity index (χ1v) is 6.34. The summed E-state index contributed by atoms with van der Waals surface area (Å²) in [5.41, 5.74) is 6.23. The Hall–Kier alpha value is -1.94. The van der Waals surface area contributed by atoms with Gasteiger partial charge in [0.25, 0.3) is 0 Å². The van der Waals surface area contributed by atoms with Crippen molar-refractivity contribution < 1.29 is 9.47 Å². The van der Waals surface area contributed by atoms with Crippen LogP contribution in [0.4, 0.5) is 5.82 Å². The van der Waals surface area contributed by atoms with E-state index < -0.39 is 0 Å². The molecule has 0 fully saturated rings. The van der Waals surface area contributed by atoms with Gasteiger partial charge in [-0.15, -0.1) is 0 Å². The Morgan fingerprint density at radius 3 is 2.47 bits per heavy atom. The fraction of sp³-hybridized carbons (Fsp3) is 0.214. The van der Waals surface area contributed by atoms with Crippen LogP contribution in [0.15, 0.2) is 36.4 Å². The third-order valence-electron chi connectivity index (χ3n) is 2.45. The summed E-state index contributed by atoms with van der Waals surface area (Å²) in [5.74, 6) is 1.77. The van der Waals surface area contributed by atoms with Crippen molar-refractivity contribution in [2.75, 3.05) is 12.3 Å². The molecule has 100 valence electrons. The molecular weight excluding hydrogens is 264 g/mol. The molecule has 0 bridgehead atoms. The van der Waals surface area contributed by atoms with E-state index in [1.54, 1.807) is 12.1 Å². The number of hydrogen-bond acceptors (Lipinski definition) is 4. The third-order valence-corrected chi connectivity index (χ3v) is 2.80. The molecule has 0 amide bonds. The summed E-state index contributed by atoms with van der Waals surface area (Å²) in [6.45, 7) is 2.75. The van der Waals surface area contributed by atoms with Gasteiger partial charge in [-0.1, -0.05) is 23.7 Å². The van der Waals surface area contributed by atoms with Crippen molar-refractivity contribution in [2.45, 2.75) is 13.5 Å². The van der Waals surface area contributed by atoms with Crippen molar-refractivity contribution in [3.05, 3.63) is 47.1 Å². The average Bonchev–Trinajstić information content (AvgIpc) is 2.42. The van der Waals surface area contributed by atoms with Crippen LogP contribution in [-0.2, 0) is 6.61 Å². The number of para-hydroxylation sites is 2. The first-order valence-electron chi connectivity index (χ1n) is 5.96. The topological polar surface area (TPSA) is 57.4 Å². The van der Waals surface area contributed by atoms with Gasteiger partial charge in [0.05, 0.1) is 17.3 Å². The fourth-order valence-electron chi connectivity index (χ4n) is 1.59. The van der Waals surface area contributed by atoms with Gasteiger partial charge in [0, 0.05) is 0 Å². The van der Waals surface area contributed by atoms with Gasteiger partial charge in [0.2, 0.25) is 0 Å². The van der Waals surface area contributed by atoms with Crippen molar-refractivity contribution in [1.29, 1.82) is 0 Å². The average molecular weight is 279 g/mol. The number of pyridine rings is 1. The number of ether oxygens (including phenoxy) is 2. The number of aromatic nitrogens is 1. The SMILES string of the molecule is CCOc1ccccc1OCc1nc(N)ccc1Cl. The van der Waals surface area contributed by atoms with Crippen LogP contribution >= 0.6 is 11.6 Å². The summed E-state index contributed by atoms with van der Waals surface area (Å²) >= 11 is 6.03. The van der Waals surface area contributed by atoms with E-state index in [1.165, 1.54) is 0 Å². The maximum atomic E-state index is 6.03. The molecule has 0 aliphatic rings. The molecular formula is C14H15ClN2O2. The highest BCUT2D eigenvalue weighted by molar-refractivity contribution is 6.31. The van der Waals surface area contributed by atoms with E-state index in [2.05, 4.69) is 4.98 Å². The Kier molecular flexibility index (Phi) is 4.47. The Labute approximate surface area is 117 Å².